The zero-order valence-electron chi connectivity index (χ0n) is 16.9. The maximum Gasteiger partial charge on any atom is 0.355 e. The lowest BCUT2D eigenvalue weighted by atomic mass is 9.88. The molecule has 0 bridgehead atoms. The molecule has 12 heteroatoms. The van der Waals surface area contributed by atoms with E-state index in [4.69, 9.17) is 9.47 Å². The van der Waals surface area contributed by atoms with Gasteiger partial charge in [0.1, 0.15) is 17.5 Å². The smallest absolute Gasteiger partial charge is 0.355 e. The number of hydrogen-bond acceptors (Lipinski definition) is 10. The van der Waals surface area contributed by atoms with Gasteiger partial charge in [0.2, 0.25) is 5.95 Å². The molecule has 1 aliphatic rings. The number of nitro benzene ring substituents is 1. The number of fused-ring (bicyclic) bond motifs is 1. The van der Waals surface area contributed by atoms with Crippen molar-refractivity contribution in [2.75, 3.05) is 19.5 Å². The summed E-state index contributed by atoms with van der Waals surface area (Å²) in [6, 6.07) is 10.9. The van der Waals surface area contributed by atoms with Crippen LogP contribution >= 0.6 is 0 Å². The summed E-state index contributed by atoms with van der Waals surface area (Å²) in [5.41, 5.74) is -0.213. The molecule has 0 fully saturated rings. The fourth-order valence-electron chi connectivity index (χ4n) is 3.46. The van der Waals surface area contributed by atoms with Gasteiger partial charge in [-0.3, -0.25) is 14.9 Å². The molecular weight excluding hydrogens is 420 g/mol. The van der Waals surface area contributed by atoms with Gasteiger partial charge in [0.25, 0.3) is 5.69 Å². The summed E-state index contributed by atoms with van der Waals surface area (Å²) in [4.78, 5) is 37.4. The number of nitro groups is 1. The highest BCUT2D eigenvalue weighted by Crippen LogP contribution is 2.40. The number of methoxy groups -OCH3 is 2. The quantitative estimate of drug-likeness (QED) is 0.262. The van der Waals surface area contributed by atoms with E-state index < -0.39 is 22.7 Å². The first-order valence-electron chi connectivity index (χ1n) is 9.25. The summed E-state index contributed by atoms with van der Waals surface area (Å²) in [5, 5.41) is 25.7. The lowest BCUT2D eigenvalue weighted by Gasteiger charge is -2.27. The predicted molar refractivity (Wildman–Crippen MR) is 109 cm³/mol. The van der Waals surface area contributed by atoms with Crippen molar-refractivity contribution >= 4 is 23.4 Å². The van der Waals surface area contributed by atoms with Crippen molar-refractivity contribution in [3.63, 3.8) is 0 Å². The molecular formula is C20H16N6O6. The molecule has 1 N–H and O–H groups in total. The molecule has 32 heavy (non-hydrogen) atoms. The topological polar surface area (TPSA) is 151 Å². The van der Waals surface area contributed by atoms with Crippen LogP contribution in [0.25, 0.3) is 0 Å². The van der Waals surface area contributed by atoms with E-state index in [1.807, 2.05) is 0 Å². The summed E-state index contributed by atoms with van der Waals surface area (Å²) < 4.78 is 11.2. The number of esters is 1. The molecule has 162 valence electrons. The monoisotopic (exact) mass is 436 g/mol. The first-order chi connectivity index (χ1) is 15.5. The van der Waals surface area contributed by atoms with Crippen molar-refractivity contribution in [1.29, 1.82) is 0 Å². The number of carbonyl (C=O) groups is 2. The number of allylic oxidation sites excluding steroid dienone is 1. The van der Waals surface area contributed by atoms with Gasteiger partial charge >= 0.3 is 5.97 Å². The Kier molecular flexibility index (Phi) is 5.33. The zero-order chi connectivity index (χ0) is 22.8. The fraction of sp³-hybridized carbons (Fsp3) is 0.150. The average Bonchev–Trinajstić information content (AvgIpc) is 3.30. The number of aromatic nitrogens is 4. The number of carbonyl (C=O) groups excluding carboxylic acids is 2. The molecule has 0 unspecified atom stereocenters. The van der Waals surface area contributed by atoms with Crippen molar-refractivity contribution in [2.45, 2.75) is 6.04 Å². The minimum Gasteiger partial charge on any atom is -0.497 e. The highest BCUT2D eigenvalue weighted by atomic mass is 16.6. The number of benzene rings is 2. The van der Waals surface area contributed by atoms with E-state index in [0.29, 0.717) is 5.75 Å². The van der Waals surface area contributed by atoms with Crippen LogP contribution in [-0.2, 0) is 9.53 Å². The number of ketones is 1. The van der Waals surface area contributed by atoms with Gasteiger partial charge in [-0.1, -0.05) is 17.2 Å². The van der Waals surface area contributed by atoms with Gasteiger partial charge in [0.05, 0.1) is 30.3 Å². The van der Waals surface area contributed by atoms with E-state index >= 15 is 0 Å². The summed E-state index contributed by atoms with van der Waals surface area (Å²) in [7, 11) is 2.65. The number of rotatable bonds is 6. The highest BCUT2D eigenvalue weighted by molar-refractivity contribution is 6.15. The second-order valence-electron chi connectivity index (χ2n) is 6.63. The van der Waals surface area contributed by atoms with Crippen LogP contribution in [0.1, 0.15) is 22.0 Å². The van der Waals surface area contributed by atoms with Gasteiger partial charge < -0.3 is 14.8 Å². The van der Waals surface area contributed by atoms with Crippen molar-refractivity contribution in [3.05, 3.63) is 81.0 Å². The van der Waals surface area contributed by atoms with Gasteiger partial charge in [-0.05, 0) is 40.8 Å². The van der Waals surface area contributed by atoms with Crippen molar-refractivity contribution < 1.29 is 24.0 Å². The average molecular weight is 436 g/mol. The molecule has 0 amide bonds. The largest absolute Gasteiger partial charge is 0.497 e. The van der Waals surface area contributed by atoms with Crippen LogP contribution in [0.5, 0.6) is 5.75 Å². The molecule has 1 aromatic heterocycles. The highest BCUT2D eigenvalue weighted by Gasteiger charge is 2.41. The molecule has 0 radical (unpaired) electrons. The van der Waals surface area contributed by atoms with Gasteiger partial charge in [-0.25, -0.2) is 4.79 Å². The number of hydrogen-bond donors (Lipinski definition) is 1. The third-order valence-electron chi connectivity index (χ3n) is 4.93. The Bertz CT molecular complexity index is 1250. The predicted octanol–water partition coefficient (Wildman–Crippen LogP) is 1.91. The number of nitrogens with one attached hydrogen (secondary N) is 1. The van der Waals surface area contributed by atoms with E-state index in [0.717, 1.165) is 7.11 Å². The van der Waals surface area contributed by atoms with E-state index in [2.05, 4.69) is 20.8 Å². The molecule has 3 aromatic rings. The van der Waals surface area contributed by atoms with Crippen LogP contribution in [0.4, 0.5) is 11.6 Å². The van der Waals surface area contributed by atoms with E-state index in [1.165, 1.54) is 42.1 Å². The molecule has 2 aromatic carbocycles. The minimum atomic E-state index is -1.16. The Morgan fingerprint density at radius 2 is 1.84 bits per heavy atom. The number of tetrazole rings is 1. The Morgan fingerprint density at radius 3 is 2.50 bits per heavy atom. The maximum atomic E-state index is 13.6. The van der Waals surface area contributed by atoms with Crippen LogP contribution < -0.4 is 10.1 Å². The Hall–Kier alpha value is -4.61. The number of ether oxygens (including phenoxy) is 2. The molecule has 1 aliphatic heterocycles. The zero-order valence-corrected chi connectivity index (χ0v) is 16.9. The maximum absolute atomic E-state index is 13.6. The minimum absolute atomic E-state index is 0.0276. The summed E-state index contributed by atoms with van der Waals surface area (Å²) in [6.07, 6.45) is 0. The van der Waals surface area contributed by atoms with E-state index in [-0.39, 0.29) is 34.0 Å². The molecule has 0 saturated carbocycles. The third-order valence-corrected chi connectivity index (χ3v) is 4.93. The van der Waals surface area contributed by atoms with Gasteiger partial charge in [0.15, 0.2) is 5.78 Å². The van der Waals surface area contributed by atoms with Crippen molar-refractivity contribution in [1.82, 2.24) is 20.2 Å². The van der Waals surface area contributed by atoms with E-state index in [1.54, 1.807) is 18.2 Å². The Labute approximate surface area is 180 Å². The lowest BCUT2D eigenvalue weighted by Crippen LogP contribution is -2.33. The van der Waals surface area contributed by atoms with Crippen LogP contribution in [0, 0.1) is 10.1 Å². The Morgan fingerprint density at radius 1 is 1.12 bits per heavy atom. The van der Waals surface area contributed by atoms with Crippen LogP contribution in [0.2, 0.25) is 0 Å². The molecule has 0 aliphatic carbocycles. The number of nitrogens with zero attached hydrogens (tertiary/aromatic N) is 5. The molecule has 0 spiro atoms. The van der Waals surface area contributed by atoms with Crippen LogP contribution in [0.15, 0.2) is 59.8 Å². The molecule has 0 saturated heterocycles. The second-order valence-corrected chi connectivity index (χ2v) is 6.63. The molecule has 4 rings (SSSR count). The van der Waals surface area contributed by atoms with Crippen molar-refractivity contribution in [3.8, 4) is 5.75 Å². The molecule has 1 atom stereocenters. The van der Waals surface area contributed by atoms with Gasteiger partial charge in [-0.2, -0.15) is 4.68 Å². The van der Waals surface area contributed by atoms with Gasteiger partial charge in [0, 0.05) is 11.6 Å². The first-order valence-corrected chi connectivity index (χ1v) is 9.25. The van der Waals surface area contributed by atoms with Crippen molar-refractivity contribution in [2.24, 2.45) is 0 Å². The number of para-hydroxylation sites is 1. The van der Waals surface area contributed by atoms with Gasteiger partial charge in [-0.15, -0.1) is 0 Å². The summed E-state index contributed by atoms with van der Waals surface area (Å²) in [5.74, 6) is -0.854. The summed E-state index contributed by atoms with van der Waals surface area (Å²) >= 11 is 0. The van der Waals surface area contributed by atoms with Crippen LogP contribution in [-0.4, -0.2) is 51.1 Å². The fourth-order valence-corrected chi connectivity index (χ4v) is 3.46. The second kappa shape index (κ2) is 8.26. The SMILES string of the molecule is COC(=O)C1=C(C(=O)c2ccc(OC)cc2)[C@H](c2ccccc2[N+](=O)[O-])n2nnnc2N1. The Balaban J connectivity index is 1.98. The number of anilines is 1. The number of Topliss-reactive ketones (excluding diaryl/α,β-unsaturated/α-hetero) is 1. The standard InChI is InChI=1S/C20H16N6O6/c1-31-12-9-7-11(8-10-12)18(27)15-16(19(28)32-2)21-20-22-23-24-25(20)17(15)13-5-3-4-6-14(13)26(29)30/h3-10,17H,1-2H3,(H,21,22,24)/t17-/m0/s1. The van der Waals surface area contributed by atoms with Crippen LogP contribution in [0.3, 0.4) is 0 Å². The third kappa shape index (κ3) is 3.43. The normalized spacial score (nSPS) is 14.9. The van der Waals surface area contributed by atoms with E-state index in [9.17, 15) is 19.7 Å². The molecule has 2 heterocycles. The first kappa shape index (κ1) is 20.7. The molecule has 12 nitrogen and oxygen atoms in total. The summed E-state index contributed by atoms with van der Waals surface area (Å²) in [6.45, 7) is 0. The lowest BCUT2D eigenvalue weighted by molar-refractivity contribution is -0.385.